The summed E-state index contributed by atoms with van der Waals surface area (Å²) in [6.07, 6.45) is 7.37. The van der Waals surface area contributed by atoms with Gasteiger partial charge in [-0.3, -0.25) is 4.98 Å². The average molecular weight is 520 g/mol. The van der Waals surface area contributed by atoms with Gasteiger partial charge in [0.05, 0.1) is 12.7 Å². The Labute approximate surface area is 232 Å². The second-order valence-electron chi connectivity index (χ2n) is 9.97. The summed E-state index contributed by atoms with van der Waals surface area (Å²) in [5.41, 5.74) is 8.29. The van der Waals surface area contributed by atoms with Crippen molar-refractivity contribution in [3.63, 3.8) is 0 Å². The number of rotatable bonds is 8. The molecule has 4 aromatic rings. The Morgan fingerprint density at radius 1 is 0.923 bits per heavy atom. The van der Waals surface area contributed by atoms with Crippen molar-refractivity contribution in [3.05, 3.63) is 102 Å². The molecule has 0 saturated heterocycles. The maximum atomic E-state index is 9.78. The molecule has 1 saturated carbocycles. The highest BCUT2D eigenvalue weighted by molar-refractivity contribution is 5.75. The fraction of sp³-hybridized carbons (Fsp3) is 0.324. The van der Waals surface area contributed by atoms with Crippen molar-refractivity contribution in [2.75, 3.05) is 0 Å². The average Bonchev–Trinajstić information content (AvgIpc) is 2.95. The third-order valence-corrected chi connectivity index (χ3v) is 6.96. The molecule has 2 aromatic heterocycles. The monoisotopic (exact) mass is 519 g/mol. The van der Waals surface area contributed by atoms with Crippen LogP contribution in [-0.2, 0) is 11.3 Å². The second-order valence-corrected chi connectivity index (χ2v) is 9.97. The quantitative estimate of drug-likeness (QED) is 0.234. The Bertz CT molecular complexity index is 1420. The molecule has 0 N–H and O–H groups in total. The van der Waals surface area contributed by atoms with Crippen LogP contribution >= 0.6 is 0 Å². The molecule has 0 radical (unpaired) electrons. The molecule has 0 aliphatic heterocycles. The molecule has 200 valence electrons. The highest BCUT2D eigenvalue weighted by atomic mass is 16.5. The van der Waals surface area contributed by atoms with Crippen molar-refractivity contribution in [1.82, 2.24) is 9.97 Å². The van der Waals surface area contributed by atoms with E-state index in [2.05, 4.69) is 73.2 Å². The highest BCUT2D eigenvalue weighted by Gasteiger charge is 2.32. The van der Waals surface area contributed by atoms with Crippen LogP contribution in [0.2, 0.25) is 0 Å². The smallest absolute Gasteiger partial charge is 0.231 e. The van der Waals surface area contributed by atoms with Crippen molar-refractivity contribution in [3.8, 4) is 34.2 Å². The minimum atomic E-state index is 0.0161. The van der Waals surface area contributed by atoms with E-state index in [4.69, 9.17) is 9.47 Å². The summed E-state index contributed by atoms with van der Waals surface area (Å²) in [6, 6.07) is 22.7. The molecule has 1 aliphatic carbocycles. The summed E-state index contributed by atoms with van der Waals surface area (Å²) in [5, 5.41) is 9.78. The fourth-order valence-electron chi connectivity index (χ4n) is 4.76. The Morgan fingerprint density at radius 2 is 1.69 bits per heavy atom. The third-order valence-electron chi connectivity index (χ3n) is 6.96. The molecule has 5 nitrogen and oxygen atoms in total. The van der Waals surface area contributed by atoms with Crippen LogP contribution in [0.5, 0.6) is 5.88 Å². The van der Waals surface area contributed by atoms with Crippen LogP contribution in [0.3, 0.4) is 0 Å². The molecule has 1 fully saturated rings. The van der Waals surface area contributed by atoms with Gasteiger partial charge in [0.2, 0.25) is 5.88 Å². The van der Waals surface area contributed by atoms with E-state index in [1.165, 1.54) is 16.7 Å². The minimum absolute atomic E-state index is 0.0161. The third kappa shape index (κ3) is 6.71. The summed E-state index contributed by atoms with van der Waals surface area (Å²) in [4.78, 5) is 8.87. The largest absolute Gasteiger partial charge is 0.473 e. The normalized spacial score (nSPS) is 16.0. The number of nitriles is 1. The molecule has 0 amide bonds. The van der Waals surface area contributed by atoms with Crippen LogP contribution in [0, 0.1) is 18.3 Å². The van der Waals surface area contributed by atoms with E-state index in [-0.39, 0.29) is 12.2 Å². The number of benzene rings is 2. The lowest BCUT2D eigenvalue weighted by Crippen LogP contribution is -2.39. The SMILES string of the molecule is CC.Cc1cc(-c2cnc(OC3CC(OCc4ccccc4)C3)c(C#N)c2)ccc1-c1cnccc1C(C)C. The van der Waals surface area contributed by atoms with Crippen molar-refractivity contribution < 1.29 is 9.47 Å². The van der Waals surface area contributed by atoms with Gasteiger partial charge in [0, 0.05) is 42.6 Å². The van der Waals surface area contributed by atoms with Gasteiger partial charge < -0.3 is 9.47 Å². The second kappa shape index (κ2) is 13.2. The summed E-state index contributed by atoms with van der Waals surface area (Å²) in [6.45, 7) is 11.1. The van der Waals surface area contributed by atoms with Gasteiger partial charge in [-0.15, -0.1) is 0 Å². The van der Waals surface area contributed by atoms with E-state index in [0.29, 0.717) is 24.0 Å². The van der Waals surface area contributed by atoms with Gasteiger partial charge in [0.15, 0.2) is 0 Å². The number of pyridine rings is 2. The van der Waals surface area contributed by atoms with Crippen LogP contribution in [-0.4, -0.2) is 22.2 Å². The number of ether oxygens (including phenoxy) is 2. The first kappa shape index (κ1) is 28.0. The van der Waals surface area contributed by atoms with Crippen molar-refractivity contribution in [2.24, 2.45) is 0 Å². The summed E-state index contributed by atoms with van der Waals surface area (Å²) < 4.78 is 12.0. The summed E-state index contributed by atoms with van der Waals surface area (Å²) in [5.74, 6) is 0.802. The van der Waals surface area contributed by atoms with Gasteiger partial charge in [-0.1, -0.05) is 76.2 Å². The van der Waals surface area contributed by atoms with E-state index in [1.54, 1.807) is 6.20 Å². The number of hydrogen-bond acceptors (Lipinski definition) is 5. The van der Waals surface area contributed by atoms with Crippen molar-refractivity contribution >= 4 is 0 Å². The van der Waals surface area contributed by atoms with Crippen molar-refractivity contribution in [2.45, 2.75) is 72.2 Å². The first-order chi connectivity index (χ1) is 19.0. The zero-order chi connectivity index (χ0) is 27.8. The highest BCUT2D eigenvalue weighted by Crippen LogP contribution is 2.34. The van der Waals surface area contributed by atoms with Crippen LogP contribution in [0.4, 0.5) is 0 Å². The Balaban J connectivity index is 0.00000172. The van der Waals surface area contributed by atoms with Crippen LogP contribution in [0.15, 0.2) is 79.3 Å². The van der Waals surface area contributed by atoms with Gasteiger partial charge in [-0.2, -0.15) is 5.26 Å². The van der Waals surface area contributed by atoms with Gasteiger partial charge >= 0.3 is 0 Å². The molecule has 2 heterocycles. The Kier molecular flexibility index (Phi) is 9.46. The van der Waals surface area contributed by atoms with Gasteiger partial charge in [0.1, 0.15) is 17.7 Å². The van der Waals surface area contributed by atoms with Gasteiger partial charge in [-0.25, -0.2) is 4.98 Å². The molecule has 0 unspecified atom stereocenters. The lowest BCUT2D eigenvalue weighted by Gasteiger charge is -2.35. The Hall–Kier alpha value is -4.01. The molecule has 39 heavy (non-hydrogen) atoms. The van der Waals surface area contributed by atoms with Crippen molar-refractivity contribution in [1.29, 1.82) is 5.26 Å². The molecular formula is C34H37N3O2. The molecule has 0 bridgehead atoms. The molecule has 0 spiro atoms. The molecular weight excluding hydrogens is 482 g/mol. The fourth-order valence-corrected chi connectivity index (χ4v) is 4.76. The van der Waals surface area contributed by atoms with Gasteiger partial charge in [-0.05, 0) is 52.8 Å². The number of aryl methyl sites for hydroxylation is 1. The van der Waals surface area contributed by atoms with Crippen LogP contribution < -0.4 is 4.74 Å². The molecule has 2 aromatic carbocycles. The van der Waals surface area contributed by atoms with E-state index >= 15 is 0 Å². The van der Waals surface area contributed by atoms with E-state index in [9.17, 15) is 5.26 Å². The van der Waals surface area contributed by atoms with Gasteiger partial charge in [0.25, 0.3) is 0 Å². The predicted octanol–water partition coefficient (Wildman–Crippen LogP) is 8.27. The van der Waals surface area contributed by atoms with E-state index in [1.807, 2.05) is 50.5 Å². The lowest BCUT2D eigenvalue weighted by molar-refractivity contribution is -0.0695. The maximum absolute atomic E-state index is 9.78. The first-order valence-electron chi connectivity index (χ1n) is 13.8. The zero-order valence-corrected chi connectivity index (χ0v) is 23.5. The van der Waals surface area contributed by atoms with E-state index in [0.717, 1.165) is 35.1 Å². The zero-order valence-electron chi connectivity index (χ0n) is 23.5. The van der Waals surface area contributed by atoms with E-state index < -0.39 is 0 Å². The number of aromatic nitrogens is 2. The van der Waals surface area contributed by atoms with Crippen LogP contribution in [0.25, 0.3) is 22.3 Å². The Morgan fingerprint density at radius 3 is 2.38 bits per heavy atom. The summed E-state index contributed by atoms with van der Waals surface area (Å²) >= 11 is 0. The molecule has 0 atom stereocenters. The standard InChI is InChI=1S/C32H31N3O2.C2H6/c1-21(2)29-11-12-34-19-31(29)30-10-9-24(13-22(30)3)26-14-25(17-33)32(35-18-26)37-28-15-27(16-28)36-20-23-7-5-4-6-8-23;1-2/h4-14,18-19,21,27-28H,15-16,20H2,1-3H3;1-2H3. The number of nitrogens with zero attached hydrogens (tertiary/aromatic N) is 3. The first-order valence-corrected chi connectivity index (χ1v) is 13.8. The topological polar surface area (TPSA) is 68.0 Å². The lowest BCUT2D eigenvalue weighted by atomic mass is 9.90. The van der Waals surface area contributed by atoms with Crippen LogP contribution in [0.1, 0.15) is 68.7 Å². The summed E-state index contributed by atoms with van der Waals surface area (Å²) in [7, 11) is 0. The molecule has 1 aliphatic rings. The minimum Gasteiger partial charge on any atom is -0.473 e. The molecule has 5 heteroatoms. The maximum Gasteiger partial charge on any atom is 0.231 e. The molecule has 5 rings (SSSR count). The predicted molar refractivity (Wildman–Crippen MR) is 156 cm³/mol. The number of hydrogen-bond donors (Lipinski definition) is 0.